The minimum Gasteiger partial charge on any atom is -0.495 e. The first kappa shape index (κ1) is 32.6. The van der Waals surface area contributed by atoms with Crippen LogP contribution in [0.1, 0.15) is 29.3 Å². The van der Waals surface area contributed by atoms with Gasteiger partial charge in [0.1, 0.15) is 17.3 Å². The second kappa shape index (κ2) is 15.4. The molecule has 0 saturated carbocycles. The van der Waals surface area contributed by atoms with Crippen molar-refractivity contribution in [1.29, 1.82) is 0 Å². The molecule has 4 rings (SSSR count). The Hall–Kier alpha value is -4.31. The van der Waals surface area contributed by atoms with Gasteiger partial charge in [-0.3, -0.25) is 14.4 Å². The molecule has 0 aromatic heterocycles. The lowest BCUT2D eigenvalue weighted by Gasteiger charge is -2.16. The Morgan fingerprint density at radius 3 is 2.30 bits per heavy atom. The van der Waals surface area contributed by atoms with Gasteiger partial charge in [-0.05, 0) is 73.2 Å². The van der Waals surface area contributed by atoms with E-state index in [1.54, 1.807) is 66.7 Å². The van der Waals surface area contributed by atoms with Gasteiger partial charge in [-0.2, -0.15) is 0 Å². The normalized spacial score (nSPS) is 11.8. The summed E-state index contributed by atoms with van der Waals surface area (Å²) in [5.74, 6) is -1.63. The van der Waals surface area contributed by atoms with E-state index in [2.05, 4.69) is 16.0 Å². The molecule has 3 amide bonds. The number of hydrogen-bond acceptors (Lipinski definition) is 5. The van der Waals surface area contributed by atoms with Crippen molar-refractivity contribution in [1.82, 2.24) is 5.32 Å². The maximum absolute atomic E-state index is 14.6. The molecule has 1 unspecified atom stereocenters. The first-order valence-electron chi connectivity index (χ1n) is 13.4. The van der Waals surface area contributed by atoms with E-state index >= 15 is 0 Å². The molecule has 1 atom stereocenters. The fourth-order valence-corrected chi connectivity index (χ4v) is 5.52. The van der Waals surface area contributed by atoms with Crippen LogP contribution in [-0.2, 0) is 9.59 Å². The summed E-state index contributed by atoms with van der Waals surface area (Å²) in [5, 5.41) is 8.19. The molecular weight excluding hydrogens is 624 g/mol. The van der Waals surface area contributed by atoms with Gasteiger partial charge in [-0.25, -0.2) is 4.39 Å². The highest BCUT2D eigenvalue weighted by Crippen LogP contribution is 2.31. The summed E-state index contributed by atoms with van der Waals surface area (Å²) in [4.78, 5) is 40.1. The highest BCUT2D eigenvalue weighted by atomic mass is 35.5. The third-order valence-corrected chi connectivity index (χ3v) is 8.25. The summed E-state index contributed by atoms with van der Waals surface area (Å²) < 4.78 is 19.8. The highest BCUT2D eigenvalue weighted by Gasteiger charge is 2.20. The number of amides is 3. The molecule has 226 valence electrons. The summed E-state index contributed by atoms with van der Waals surface area (Å²) in [6.45, 7) is 1.89. The number of carbonyl (C=O) groups excluding carboxylic acids is 3. The van der Waals surface area contributed by atoms with Crippen molar-refractivity contribution in [2.24, 2.45) is 0 Å². The van der Waals surface area contributed by atoms with Gasteiger partial charge in [-0.1, -0.05) is 60.5 Å². The maximum Gasteiger partial charge on any atom is 0.272 e. The van der Waals surface area contributed by atoms with E-state index in [0.29, 0.717) is 39.0 Å². The number of benzene rings is 4. The van der Waals surface area contributed by atoms with Crippen molar-refractivity contribution in [3.8, 4) is 5.75 Å². The van der Waals surface area contributed by atoms with Crippen LogP contribution in [0.4, 0.5) is 15.8 Å². The Labute approximate surface area is 268 Å². The molecule has 44 heavy (non-hydrogen) atoms. The number of hydrogen-bond donors (Lipinski definition) is 3. The van der Waals surface area contributed by atoms with Gasteiger partial charge >= 0.3 is 0 Å². The fourth-order valence-electron chi connectivity index (χ4n) is 4.03. The van der Waals surface area contributed by atoms with Crippen LogP contribution in [0.2, 0.25) is 10.0 Å². The lowest BCUT2D eigenvalue weighted by molar-refractivity contribution is -0.116. The zero-order chi connectivity index (χ0) is 31.6. The number of halogens is 3. The van der Waals surface area contributed by atoms with E-state index in [1.165, 1.54) is 43.1 Å². The molecule has 4 aromatic rings. The lowest BCUT2D eigenvalue weighted by Crippen LogP contribution is -2.30. The Balaban J connectivity index is 1.52. The third kappa shape index (κ3) is 8.63. The summed E-state index contributed by atoms with van der Waals surface area (Å²) in [7, 11) is 1.51. The molecule has 4 aromatic carbocycles. The summed E-state index contributed by atoms with van der Waals surface area (Å²) in [6, 6.07) is 24.3. The molecule has 3 N–H and O–H groups in total. The fraction of sp³-hybridized carbons (Fsp3) is 0.121. The molecule has 0 aliphatic rings. The molecule has 0 fully saturated rings. The smallest absolute Gasteiger partial charge is 0.272 e. The topological polar surface area (TPSA) is 96.5 Å². The number of carbonyl (C=O) groups is 3. The Morgan fingerprint density at radius 1 is 0.886 bits per heavy atom. The van der Waals surface area contributed by atoms with Crippen LogP contribution >= 0.6 is 35.0 Å². The van der Waals surface area contributed by atoms with Crippen LogP contribution in [0.5, 0.6) is 5.75 Å². The molecule has 0 spiro atoms. The summed E-state index contributed by atoms with van der Waals surface area (Å²) in [5.41, 5.74) is 0.981. The van der Waals surface area contributed by atoms with Crippen molar-refractivity contribution in [3.63, 3.8) is 0 Å². The highest BCUT2D eigenvalue weighted by molar-refractivity contribution is 8.00. The van der Waals surface area contributed by atoms with E-state index < -0.39 is 22.9 Å². The van der Waals surface area contributed by atoms with E-state index in [9.17, 15) is 18.8 Å². The largest absolute Gasteiger partial charge is 0.495 e. The van der Waals surface area contributed by atoms with E-state index in [-0.39, 0.29) is 22.2 Å². The number of nitrogens with one attached hydrogen (secondary N) is 3. The molecular formula is C33H28Cl2FN3O4S. The second-order valence-electron chi connectivity index (χ2n) is 9.35. The van der Waals surface area contributed by atoms with Crippen molar-refractivity contribution < 1.29 is 23.5 Å². The van der Waals surface area contributed by atoms with Crippen LogP contribution in [0.3, 0.4) is 0 Å². The first-order valence-corrected chi connectivity index (χ1v) is 15.1. The zero-order valence-corrected chi connectivity index (χ0v) is 26.0. The van der Waals surface area contributed by atoms with E-state index in [4.69, 9.17) is 27.9 Å². The SMILES string of the molecule is CCC(Sc1cccc(NC(=O)/C(=C\c2c(F)cccc2Cl)NC(=O)c2ccccc2)c1)C(=O)Nc1ccc(OC)c(Cl)c1. The average Bonchev–Trinajstić information content (AvgIpc) is 3.01. The predicted molar refractivity (Wildman–Crippen MR) is 175 cm³/mol. The first-order chi connectivity index (χ1) is 21.2. The molecule has 0 aliphatic heterocycles. The molecule has 11 heteroatoms. The van der Waals surface area contributed by atoms with Crippen molar-refractivity contribution >= 4 is 70.1 Å². The average molecular weight is 653 g/mol. The zero-order valence-electron chi connectivity index (χ0n) is 23.7. The molecule has 0 saturated heterocycles. The predicted octanol–water partition coefficient (Wildman–Crippen LogP) is 8.06. The Kier molecular flexibility index (Phi) is 11.4. The van der Waals surface area contributed by atoms with Gasteiger partial charge in [0.2, 0.25) is 5.91 Å². The third-order valence-electron chi connectivity index (χ3n) is 6.27. The number of thioether (sulfide) groups is 1. The number of anilines is 2. The van der Waals surface area contributed by atoms with Crippen molar-refractivity contribution in [2.45, 2.75) is 23.5 Å². The van der Waals surface area contributed by atoms with E-state index in [0.717, 1.165) is 0 Å². The molecule has 7 nitrogen and oxygen atoms in total. The molecule has 0 radical (unpaired) electrons. The quantitative estimate of drug-likeness (QED) is 0.113. The van der Waals surface area contributed by atoms with Gasteiger partial charge in [0.15, 0.2) is 0 Å². The van der Waals surface area contributed by atoms with Gasteiger partial charge in [0.05, 0.1) is 22.4 Å². The van der Waals surface area contributed by atoms with E-state index in [1.807, 2.05) is 13.0 Å². The van der Waals surface area contributed by atoms with Crippen LogP contribution < -0.4 is 20.7 Å². The summed E-state index contributed by atoms with van der Waals surface area (Å²) >= 11 is 13.7. The van der Waals surface area contributed by atoms with Crippen LogP contribution in [-0.4, -0.2) is 30.1 Å². The standard InChI is InChI=1S/C33H28Cl2FN3O4S/c1-3-30(33(42)38-22-15-16-29(43-2)26(35)18-22)44-23-12-7-11-21(17-23)37-32(41)28(19-24-25(34)13-8-14-27(24)36)39-31(40)20-9-5-4-6-10-20/h4-19,30H,3H2,1-2H3,(H,37,41)(H,38,42)(H,39,40)/b28-19+. The van der Waals surface area contributed by atoms with Crippen LogP contribution in [0, 0.1) is 5.82 Å². The van der Waals surface area contributed by atoms with Crippen molar-refractivity contribution in [2.75, 3.05) is 17.7 Å². The lowest BCUT2D eigenvalue weighted by atomic mass is 10.1. The molecule has 0 heterocycles. The van der Waals surface area contributed by atoms with Gasteiger partial charge in [-0.15, -0.1) is 11.8 Å². The Bertz CT molecular complexity index is 1680. The minimum atomic E-state index is -0.697. The maximum atomic E-state index is 14.6. The minimum absolute atomic E-state index is 0.0491. The van der Waals surface area contributed by atoms with Gasteiger partial charge in [0, 0.05) is 27.4 Å². The van der Waals surface area contributed by atoms with Crippen LogP contribution in [0.25, 0.3) is 6.08 Å². The second-order valence-corrected chi connectivity index (χ2v) is 11.4. The monoisotopic (exact) mass is 651 g/mol. The number of rotatable bonds is 11. The molecule has 0 bridgehead atoms. The number of methoxy groups -OCH3 is 1. The molecule has 0 aliphatic carbocycles. The van der Waals surface area contributed by atoms with Crippen LogP contribution in [0.15, 0.2) is 102 Å². The number of ether oxygens (including phenoxy) is 1. The van der Waals surface area contributed by atoms with Gasteiger partial charge in [0.25, 0.3) is 11.8 Å². The van der Waals surface area contributed by atoms with Gasteiger partial charge < -0.3 is 20.7 Å². The summed E-state index contributed by atoms with van der Waals surface area (Å²) in [6.07, 6.45) is 1.72. The van der Waals surface area contributed by atoms with Crippen molar-refractivity contribution in [3.05, 3.63) is 124 Å². The Morgan fingerprint density at radius 2 is 1.61 bits per heavy atom.